The Bertz CT molecular complexity index is 1040. The molecule has 3 aromatic rings. The van der Waals surface area contributed by atoms with Crippen molar-refractivity contribution >= 4 is 17.6 Å². The first-order chi connectivity index (χ1) is 15.2. The van der Waals surface area contributed by atoms with Gasteiger partial charge in [0.05, 0.1) is 37.0 Å². The van der Waals surface area contributed by atoms with Crippen LogP contribution in [0.4, 0.5) is 0 Å². The fraction of sp³-hybridized carbons (Fsp3) is 0.304. The summed E-state index contributed by atoms with van der Waals surface area (Å²) < 4.78 is 17.0. The summed E-state index contributed by atoms with van der Waals surface area (Å²) in [6.45, 7) is 4.91. The van der Waals surface area contributed by atoms with Crippen LogP contribution in [0, 0.1) is 0 Å². The Morgan fingerprint density at radius 3 is 2.81 bits per heavy atom. The van der Waals surface area contributed by atoms with Crippen LogP contribution >= 0.6 is 11.6 Å². The molecular weight excluding hydrogens is 416 g/mol. The summed E-state index contributed by atoms with van der Waals surface area (Å²) in [6.07, 6.45) is 2.49. The minimum Gasteiger partial charge on any atom is -0.489 e. The summed E-state index contributed by atoms with van der Waals surface area (Å²) in [6, 6.07) is 13.6. The van der Waals surface area contributed by atoms with Gasteiger partial charge in [0.2, 0.25) is 5.89 Å². The summed E-state index contributed by atoms with van der Waals surface area (Å²) in [5.41, 5.74) is 2.68. The Labute approximate surface area is 186 Å². The van der Waals surface area contributed by atoms with E-state index in [2.05, 4.69) is 20.6 Å². The average Bonchev–Trinajstić information content (AvgIpc) is 3.13. The molecule has 0 aliphatic carbocycles. The second kappa shape index (κ2) is 10.2. The van der Waals surface area contributed by atoms with Crippen molar-refractivity contribution < 1.29 is 13.9 Å². The molecule has 8 heteroatoms. The zero-order chi connectivity index (χ0) is 21.5. The maximum Gasteiger partial charge on any atom is 0.226 e. The van der Waals surface area contributed by atoms with Crippen molar-refractivity contribution in [3.05, 3.63) is 65.0 Å². The monoisotopic (exact) mass is 440 g/mol. The number of oxazole rings is 1. The fourth-order valence-electron chi connectivity index (χ4n) is 3.16. The van der Waals surface area contributed by atoms with Crippen LogP contribution in [-0.2, 0) is 13.1 Å². The fourth-order valence-corrected chi connectivity index (χ4v) is 3.45. The highest BCUT2D eigenvalue weighted by molar-refractivity contribution is 6.32. The van der Waals surface area contributed by atoms with E-state index in [1.54, 1.807) is 6.26 Å². The minimum absolute atomic E-state index is 0.444. The molecule has 0 unspecified atom stereocenters. The Hall–Kier alpha value is -3.19. The van der Waals surface area contributed by atoms with Crippen LogP contribution in [-0.4, -0.2) is 30.7 Å². The predicted molar refractivity (Wildman–Crippen MR) is 121 cm³/mol. The molecule has 0 saturated heterocycles. The van der Waals surface area contributed by atoms with Gasteiger partial charge in [0.25, 0.3) is 0 Å². The molecule has 31 heavy (non-hydrogen) atoms. The number of fused-ring (bicyclic) bond motifs is 1. The number of rotatable bonds is 6. The SMILES string of the molecule is CCNC(=NCc1cc(Cl)c2c(c1)OCCCO2)NCc1coc(-c2ccccc2)n1. The summed E-state index contributed by atoms with van der Waals surface area (Å²) >= 11 is 6.39. The molecule has 2 N–H and O–H groups in total. The molecule has 4 rings (SSSR count). The van der Waals surface area contributed by atoms with Crippen molar-refractivity contribution in [1.29, 1.82) is 0 Å². The van der Waals surface area contributed by atoms with Gasteiger partial charge in [-0.2, -0.15) is 0 Å². The first-order valence-electron chi connectivity index (χ1n) is 10.3. The Morgan fingerprint density at radius 2 is 1.97 bits per heavy atom. The lowest BCUT2D eigenvalue weighted by atomic mass is 10.2. The van der Waals surface area contributed by atoms with Crippen molar-refractivity contribution in [2.24, 2.45) is 4.99 Å². The van der Waals surface area contributed by atoms with E-state index < -0.39 is 0 Å². The van der Waals surface area contributed by atoms with Gasteiger partial charge in [-0.1, -0.05) is 29.8 Å². The highest BCUT2D eigenvalue weighted by Crippen LogP contribution is 2.38. The number of guanidine groups is 1. The average molecular weight is 441 g/mol. The Balaban J connectivity index is 1.41. The van der Waals surface area contributed by atoms with Crippen LogP contribution in [0.3, 0.4) is 0 Å². The Kier molecular flexibility index (Phi) is 6.94. The minimum atomic E-state index is 0.444. The van der Waals surface area contributed by atoms with Gasteiger partial charge in [-0.3, -0.25) is 0 Å². The molecule has 0 atom stereocenters. The first kappa shape index (κ1) is 21.1. The number of nitrogens with one attached hydrogen (secondary N) is 2. The van der Waals surface area contributed by atoms with Gasteiger partial charge >= 0.3 is 0 Å². The topological polar surface area (TPSA) is 80.9 Å². The van der Waals surface area contributed by atoms with Crippen molar-refractivity contribution in [1.82, 2.24) is 15.6 Å². The largest absolute Gasteiger partial charge is 0.489 e. The number of aromatic nitrogens is 1. The molecule has 2 heterocycles. The number of nitrogens with zero attached hydrogens (tertiary/aromatic N) is 2. The second-order valence-corrected chi connectivity index (χ2v) is 7.42. The summed E-state index contributed by atoms with van der Waals surface area (Å²) in [4.78, 5) is 9.20. The zero-order valence-corrected chi connectivity index (χ0v) is 18.1. The highest BCUT2D eigenvalue weighted by atomic mass is 35.5. The lowest BCUT2D eigenvalue weighted by Gasteiger charge is -2.12. The summed E-state index contributed by atoms with van der Waals surface area (Å²) in [5, 5.41) is 7.07. The summed E-state index contributed by atoms with van der Waals surface area (Å²) in [5.74, 6) is 2.55. The molecule has 0 spiro atoms. The zero-order valence-electron chi connectivity index (χ0n) is 17.4. The van der Waals surface area contributed by atoms with E-state index in [1.807, 2.05) is 49.4 Å². The van der Waals surface area contributed by atoms with Crippen LogP contribution in [0.1, 0.15) is 24.6 Å². The van der Waals surface area contributed by atoms with Crippen LogP contribution in [0.5, 0.6) is 11.5 Å². The van der Waals surface area contributed by atoms with Gasteiger partial charge in [-0.25, -0.2) is 9.98 Å². The number of hydrogen-bond donors (Lipinski definition) is 2. The molecule has 0 amide bonds. The van der Waals surface area contributed by atoms with Crippen molar-refractivity contribution in [2.45, 2.75) is 26.4 Å². The third-order valence-corrected chi connectivity index (χ3v) is 4.92. The molecule has 1 aliphatic rings. The van der Waals surface area contributed by atoms with E-state index in [1.165, 1.54) is 0 Å². The maximum absolute atomic E-state index is 6.39. The standard InChI is InChI=1S/C23H25ClN4O3/c1-2-25-23(27-14-18-15-31-22(28-18)17-7-4-3-5-8-17)26-13-16-11-19(24)21-20(12-16)29-9-6-10-30-21/h3-5,7-8,11-12,15H,2,6,9-10,13-14H2,1H3,(H2,25,26,27). The molecular formula is C23H25ClN4O3. The molecule has 7 nitrogen and oxygen atoms in total. The third kappa shape index (κ3) is 5.49. The van der Waals surface area contributed by atoms with Crippen LogP contribution in [0.2, 0.25) is 5.02 Å². The van der Waals surface area contributed by atoms with Crippen molar-refractivity contribution in [2.75, 3.05) is 19.8 Å². The molecule has 0 radical (unpaired) electrons. The van der Waals surface area contributed by atoms with Gasteiger partial charge < -0.3 is 24.5 Å². The van der Waals surface area contributed by atoms with E-state index in [0.29, 0.717) is 54.7 Å². The van der Waals surface area contributed by atoms with Crippen LogP contribution in [0.25, 0.3) is 11.5 Å². The molecule has 1 aromatic heterocycles. The quantitative estimate of drug-likeness (QED) is 0.436. The summed E-state index contributed by atoms with van der Waals surface area (Å²) in [7, 11) is 0. The van der Waals surface area contributed by atoms with Gasteiger partial charge in [-0.05, 0) is 36.8 Å². The van der Waals surface area contributed by atoms with E-state index in [0.717, 1.165) is 29.8 Å². The maximum atomic E-state index is 6.39. The van der Waals surface area contributed by atoms with Crippen molar-refractivity contribution in [3.8, 4) is 23.0 Å². The third-order valence-electron chi connectivity index (χ3n) is 4.64. The molecule has 0 saturated carbocycles. The smallest absolute Gasteiger partial charge is 0.226 e. The van der Waals surface area contributed by atoms with Crippen molar-refractivity contribution in [3.63, 3.8) is 0 Å². The molecule has 0 bridgehead atoms. The predicted octanol–water partition coefficient (Wildman–Crippen LogP) is 4.41. The van der Waals surface area contributed by atoms with Gasteiger partial charge in [0, 0.05) is 18.5 Å². The van der Waals surface area contributed by atoms with Gasteiger partial charge in [-0.15, -0.1) is 0 Å². The van der Waals surface area contributed by atoms with Gasteiger partial charge in [0.15, 0.2) is 17.5 Å². The van der Waals surface area contributed by atoms with E-state index in [4.69, 9.17) is 25.5 Å². The second-order valence-electron chi connectivity index (χ2n) is 7.01. The number of aliphatic imine (C=N–C) groups is 1. The van der Waals surface area contributed by atoms with Crippen LogP contribution in [0.15, 0.2) is 58.1 Å². The van der Waals surface area contributed by atoms with E-state index >= 15 is 0 Å². The molecule has 0 fully saturated rings. The van der Waals surface area contributed by atoms with E-state index in [-0.39, 0.29) is 0 Å². The normalized spacial score (nSPS) is 13.5. The highest BCUT2D eigenvalue weighted by Gasteiger charge is 2.15. The Morgan fingerprint density at radius 1 is 1.13 bits per heavy atom. The number of ether oxygens (including phenoxy) is 2. The number of benzene rings is 2. The number of halogens is 1. The lowest BCUT2D eigenvalue weighted by Crippen LogP contribution is -2.36. The first-order valence-corrected chi connectivity index (χ1v) is 10.7. The lowest BCUT2D eigenvalue weighted by molar-refractivity contribution is 0.297. The number of hydrogen-bond acceptors (Lipinski definition) is 5. The van der Waals surface area contributed by atoms with Gasteiger partial charge in [0.1, 0.15) is 6.26 Å². The van der Waals surface area contributed by atoms with E-state index in [9.17, 15) is 0 Å². The molecule has 1 aliphatic heterocycles. The molecule has 2 aromatic carbocycles. The van der Waals surface area contributed by atoms with Crippen LogP contribution < -0.4 is 20.1 Å². The molecule has 162 valence electrons.